The van der Waals surface area contributed by atoms with Crippen molar-refractivity contribution >= 4 is 0 Å². The molecule has 0 spiro atoms. The number of nitrogens with one attached hydrogen (secondary N) is 1. The van der Waals surface area contributed by atoms with Crippen LogP contribution < -0.4 is 10.1 Å². The summed E-state index contributed by atoms with van der Waals surface area (Å²) in [6, 6.07) is 4.46. The molecule has 14 heavy (non-hydrogen) atoms. The molecule has 1 aliphatic rings. The van der Waals surface area contributed by atoms with Gasteiger partial charge in [-0.2, -0.15) is 0 Å². The second-order valence-electron chi connectivity index (χ2n) is 3.73. The van der Waals surface area contributed by atoms with Gasteiger partial charge in [0.1, 0.15) is 6.61 Å². The summed E-state index contributed by atoms with van der Waals surface area (Å²) in [5.74, 6) is 0.765. The number of hydrogen-bond donors (Lipinski definition) is 1. The first-order valence-electron chi connectivity index (χ1n) is 5.14. The fourth-order valence-corrected chi connectivity index (χ4v) is 1.70. The molecule has 1 aromatic heterocycles. The van der Waals surface area contributed by atoms with Gasteiger partial charge in [0.15, 0.2) is 0 Å². The monoisotopic (exact) mass is 192 g/mol. The predicted molar refractivity (Wildman–Crippen MR) is 55.5 cm³/mol. The normalized spacial score (nSPS) is 21.1. The minimum absolute atomic E-state index is 0.511. The number of ether oxygens (including phenoxy) is 1. The van der Waals surface area contributed by atoms with Crippen molar-refractivity contribution in [3.05, 3.63) is 23.9 Å². The highest BCUT2D eigenvalue weighted by molar-refractivity contribution is 5.23. The van der Waals surface area contributed by atoms with E-state index in [4.69, 9.17) is 4.74 Å². The van der Waals surface area contributed by atoms with Crippen LogP contribution in [-0.2, 0) is 0 Å². The second kappa shape index (κ2) is 4.42. The number of hydrogen-bond acceptors (Lipinski definition) is 3. The van der Waals surface area contributed by atoms with Crippen molar-refractivity contribution < 1.29 is 4.74 Å². The standard InChI is InChI=1S/C11H16N2O/c1-9-4-2-7-13-11(9)14-8-10-5-3-6-12-10/h2,4,7,10,12H,3,5-6,8H2,1H3. The predicted octanol–water partition coefficient (Wildman–Crippen LogP) is 1.52. The fraction of sp³-hybridized carbons (Fsp3) is 0.545. The molecule has 0 amide bonds. The van der Waals surface area contributed by atoms with E-state index in [-0.39, 0.29) is 0 Å². The maximum atomic E-state index is 5.65. The van der Waals surface area contributed by atoms with Crippen LogP contribution in [0.25, 0.3) is 0 Å². The Morgan fingerprint density at radius 1 is 1.64 bits per heavy atom. The molecule has 0 radical (unpaired) electrons. The van der Waals surface area contributed by atoms with E-state index in [0.717, 1.165) is 24.6 Å². The molecule has 76 valence electrons. The lowest BCUT2D eigenvalue weighted by Crippen LogP contribution is -2.28. The third-order valence-corrected chi connectivity index (χ3v) is 2.55. The molecule has 1 N–H and O–H groups in total. The zero-order chi connectivity index (χ0) is 9.80. The number of aromatic nitrogens is 1. The SMILES string of the molecule is Cc1cccnc1OCC1CCCN1. The van der Waals surface area contributed by atoms with Crippen LogP contribution in [0.3, 0.4) is 0 Å². The quantitative estimate of drug-likeness (QED) is 0.788. The van der Waals surface area contributed by atoms with Gasteiger partial charge in [-0.1, -0.05) is 6.07 Å². The molecule has 1 saturated heterocycles. The van der Waals surface area contributed by atoms with Crippen LogP contribution in [0.15, 0.2) is 18.3 Å². The average Bonchev–Trinajstić information content (AvgIpc) is 2.69. The molecule has 1 fully saturated rings. The van der Waals surface area contributed by atoms with Crippen LogP contribution in [0.2, 0.25) is 0 Å². The van der Waals surface area contributed by atoms with Crippen molar-refractivity contribution in [3.63, 3.8) is 0 Å². The van der Waals surface area contributed by atoms with Crippen molar-refractivity contribution in [1.29, 1.82) is 0 Å². The topological polar surface area (TPSA) is 34.1 Å². The molecule has 1 aromatic rings. The molecule has 2 rings (SSSR count). The van der Waals surface area contributed by atoms with Crippen LogP contribution in [0.5, 0.6) is 5.88 Å². The van der Waals surface area contributed by atoms with Crippen LogP contribution in [0, 0.1) is 6.92 Å². The summed E-state index contributed by atoms with van der Waals surface area (Å²) in [6.45, 7) is 3.87. The number of nitrogens with zero attached hydrogens (tertiary/aromatic N) is 1. The van der Waals surface area contributed by atoms with Gasteiger partial charge >= 0.3 is 0 Å². The first-order valence-corrected chi connectivity index (χ1v) is 5.14. The molecule has 2 heterocycles. The molecule has 0 aromatic carbocycles. The Kier molecular flexibility index (Phi) is 2.99. The summed E-state index contributed by atoms with van der Waals surface area (Å²) in [4.78, 5) is 4.19. The van der Waals surface area contributed by atoms with E-state index in [2.05, 4.69) is 10.3 Å². The van der Waals surface area contributed by atoms with Crippen molar-refractivity contribution in [2.24, 2.45) is 0 Å². The van der Waals surface area contributed by atoms with Gasteiger partial charge < -0.3 is 10.1 Å². The van der Waals surface area contributed by atoms with Crippen LogP contribution in [0.1, 0.15) is 18.4 Å². The lowest BCUT2D eigenvalue weighted by atomic mass is 10.2. The molecule has 1 unspecified atom stereocenters. The maximum Gasteiger partial charge on any atom is 0.216 e. The summed E-state index contributed by atoms with van der Waals surface area (Å²) in [5.41, 5.74) is 1.10. The first kappa shape index (κ1) is 9.46. The molecular formula is C11H16N2O. The minimum Gasteiger partial charge on any atom is -0.476 e. The molecular weight excluding hydrogens is 176 g/mol. The summed E-state index contributed by atoms with van der Waals surface area (Å²) in [5, 5.41) is 3.39. The minimum atomic E-state index is 0.511. The van der Waals surface area contributed by atoms with E-state index < -0.39 is 0 Å². The summed E-state index contributed by atoms with van der Waals surface area (Å²) < 4.78 is 5.65. The summed E-state index contributed by atoms with van der Waals surface area (Å²) >= 11 is 0. The van der Waals surface area contributed by atoms with Crippen molar-refractivity contribution in [2.45, 2.75) is 25.8 Å². The number of aryl methyl sites for hydroxylation is 1. The second-order valence-corrected chi connectivity index (χ2v) is 3.73. The van der Waals surface area contributed by atoms with Gasteiger partial charge in [0.25, 0.3) is 0 Å². The molecule has 1 atom stereocenters. The van der Waals surface area contributed by atoms with E-state index in [1.807, 2.05) is 19.1 Å². The summed E-state index contributed by atoms with van der Waals surface area (Å²) in [7, 11) is 0. The Labute approximate surface area is 84.5 Å². The Morgan fingerprint density at radius 2 is 2.57 bits per heavy atom. The van der Waals surface area contributed by atoms with E-state index in [1.165, 1.54) is 12.8 Å². The highest BCUT2D eigenvalue weighted by Gasteiger charge is 2.14. The molecule has 0 saturated carbocycles. The van der Waals surface area contributed by atoms with Crippen molar-refractivity contribution in [3.8, 4) is 5.88 Å². The van der Waals surface area contributed by atoms with E-state index >= 15 is 0 Å². The zero-order valence-electron chi connectivity index (χ0n) is 8.49. The van der Waals surface area contributed by atoms with Crippen molar-refractivity contribution in [1.82, 2.24) is 10.3 Å². The molecule has 1 aliphatic heterocycles. The number of pyridine rings is 1. The van der Waals surface area contributed by atoms with Gasteiger partial charge in [0, 0.05) is 17.8 Å². The van der Waals surface area contributed by atoms with Gasteiger partial charge in [0.2, 0.25) is 5.88 Å². The van der Waals surface area contributed by atoms with Gasteiger partial charge in [-0.15, -0.1) is 0 Å². The van der Waals surface area contributed by atoms with Crippen LogP contribution >= 0.6 is 0 Å². The smallest absolute Gasteiger partial charge is 0.216 e. The third-order valence-electron chi connectivity index (χ3n) is 2.55. The van der Waals surface area contributed by atoms with Gasteiger partial charge in [-0.3, -0.25) is 0 Å². The molecule has 3 heteroatoms. The number of rotatable bonds is 3. The zero-order valence-corrected chi connectivity index (χ0v) is 8.49. The molecule has 0 bridgehead atoms. The Hall–Kier alpha value is -1.09. The highest BCUT2D eigenvalue weighted by atomic mass is 16.5. The van der Waals surface area contributed by atoms with Gasteiger partial charge in [-0.25, -0.2) is 4.98 Å². The van der Waals surface area contributed by atoms with Gasteiger partial charge in [-0.05, 0) is 32.4 Å². The van der Waals surface area contributed by atoms with Crippen molar-refractivity contribution in [2.75, 3.05) is 13.2 Å². The van der Waals surface area contributed by atoms with Crippen LogP contribution in [-0.4, -0.2) is 24.2 Å². The lowest BCUT2D eigenvalue weighted by Gasteiger charge is -2.12. The first-order chi connectivity index (χ1) is 6.86. The lowest BCUT2D eigenvalue weighted by molar-refractivity contribution is 0.266. The largest absolute Gasteiger partial charge is 0.476 e. The van der Waals surface area contributed by atoms with E-state index in [0.29, 0.717) is 6.04 Å². The van der Waals surface area contributed by atoms with E-state index in [1.54, 1.807) is 6.20 Å². The average molecular weight is 192 g/mol. The van der Waals surface area contributed by atoms with E-state index in [9.17, 15) is 0 Å². The highest BCUT2D eigenvalue weighted by Crippen LogP contribution is 2.13. The Balaban J connectivity index is 1.88. The maximum absolute atomic E-state index is 5.65. The molecule has 0 aliphatic carbocycles. The van der Waals surface area contributed by atoms with Crippen LogP contribution in [0.4, 0.5) is 0 Å². The molecule has 3 nitrogen and oxygen atoms in total. The fourth-order valence-electron chi connectivity index (χ4n) is 1.70. The summed E-state index contributed by atoms with van der Waals surface area (Å²) in [6.07, 6.45) is 4.24. The Morgan fingerprint density at radius 3 is 3.29 bits per heavy atom. The Bertz CT molecular complexity index is 295. The van der Waals surface area contributed by atoms with Gasteiger partial charge in [0.05, 0.1) is 0 Å². The third kappa shape index (κ3) is 2.23.